The van der Waals surface area contributed by atoms with Crippen molar-refractivity contribution in [2.24, 2.45) is 11.8 Å². The number of carbonyl (C=O) groups is 3. The van der Waals surface area contributed by atoms with Crippen LogP contribution < -0.4 is 10.6 Å². The van der Waals surface area contributed by atoms with Crippen molar-refractivity contribution in [1.82, 2.24) is 20.4 Å². The number of benzene rings is 1. The largest absolute Gasteiger partial charge is 0.443 e. The maximum atomic E-state index is 13.7. The van der Waals surface area contributed by atoms with Crippen molar-refractivity contribution < 1.29 is 19.1 Å². The van der Waals surface area contributed by atoms with E-state index >= 15 is 0 Å². The molecule has 1 heterocycles. The number of unbranched alkanes of at least 4 members (excludes halogenated alkanes) is 2. The van der Waals surface area contributed by atoms with Gasteiger partial charge >= 0.3 is 6.09 Å². The number of Topliss-reactive ketones (excluding diaryl/α,β-unsaturated/α-hetero) is 1. The maximum Gasteiger partial charge on any atom is 0.408 e. The first-order valence-corrected chi connectivity index (χ1v) is 13.6. The van der Waals surface area contributed by atoms with Crippen LogP contribution in [0.15, 0.2) is 24.3 Å². The zero-order valence-corrected chi connectivity index (χ0v) is 21.5. The predicted molar refractivity (Wildman–Crippen MR) is 137 cm³/mol. The highest BCUT2D eigenvalue weighted by atomic mass is 16.6. The van der Waals surface area contributed by atoms with Crippen LogP contribution >= 0.6 is 0 Å². The number of aryl methyl sites for hydroxylation is 1. The quantitative estimate of drug-likeness (QED) is 0.464. The topological polar surface area (TPSA) is 102 Å². The number of alkyl carbamates (subject to hydrolysis) is 1. The van der Waals surface area contributed by atoms with Crippen LogP contribution in [-0.4, -0.2) is 45.2 Å². The Labute approximate surface area is 212 Å². The Morgan fingerprint density at radius 3 is 2.56 bits per heavy atom. The number of para-hydroxylation sites is 1. The first kappa shape index (κ1) is 24.8. The summed E-state index contributed by atoms with van der Waals surface area (Å²) in [6.07, 6.45) is 8.34. The number of ketones is 1. The van der Waals surface area contributed by atoms with E-state index in [1.807, 2.05) is 28.9 Å². The van der Waals surface area contributed by atoms with Crippen LogP contribution in [0.3, 0.4) is 0 Å². The molecule has 8 nitrogen and oxygen atoms in total. The maximum absolute atomic E-state index is 13.7. The molecule has 2 atom stereocenters. The number of hydrogen-bond donors (Lipinski definition) is 2. The van der Waals surface area contributed by atoms with Crippen molar-refractivity contribution in [2.45, 2.75) is 95.7 Å². The zero-order valence-electron chi connectivity index (χ0n) is 21.5. The Hall–Kier alpha value is -2.90. The molecule has 4 aliphatic carbocycles. The Bertz CT molecular complexity index is 1140. The van der Waals surface area contributed by atoms with Crippen molar-refractivity contribution in [2.75, 3.05) is 6.54 Å². The molecule has 8 heteroatoms. The summed E-state index contributed by atoms with van der Waals surface area (Å²) >= 11 is 0. The van der Waals surface area contributed by atoms with Crippen LogP contribution in [0.4, 0.5) is 4.79 Å². The molecule has 0 aliphatic heterocycles. The Balaban J connectivity index is 1.34. The molecule has 0 saturated heterocycles. The van der Waals surface area contributed by atoms with Crippen molar-refractivity contribution >= 4 is 28.7 Å². The summed E-state index contributed by atoms with van der Waals surface area (Å²) in [5.41, 5.74) is 0.484. The molecule has 2 unspecified atom stereocenters. The zero-order chi connectivity index (χ0) is 25.3. The lowest BCUT2D eigenvalue weighted by Gasteiger charge is -2.61. The van der Waals surface area contributed by atoms with Gasteiger partial charge in [0.25, 0.3) is 5.91 Å². The van der Waals surface area contributed by atoms with Gasteiger partial charge in [-0.2, -0.15) is 5.10 Å². The van der Waals surface area contributed by atoms with E-state index in [-0.39, 0.29) is 18.2 Å². The van der Waals surface area contributed by atoms with Gasteiger partial charge in [0.15, 0.2) is 11.5 Å². The summed E-state index contributed by atoms with van der Waals surface area (Å²) in [5, 5.41) is 11.6. The summed E-state index contributed by atoms with van der Waals surface area (Å²) in [7, 11) is 0. The lowest BCUT2D eigenvalue weighted by atomic mass is 9.51. The van der Waals surface area contributed by atoms with Crippen LogP contribution in [0.2, 0.25) is 0 Å². The lowest BCUT2D eigenvalue weighted by molar-refractivity contribution is -0.142. The van der Waals surface area contributed by atoms with E-state index in [0.29, 0.717) is 30.4 Å². The Morgan fingerprint density at radius 2 is 1.83 bits per heavy atom. The summed E-state index contributed by atoms with van der Waals surface area (Å²) in [6, 6.07) is 7.94. The minimum absolute atomic E-state index is 0.00582. The molecule has 2 N–H and O–H groups in total. The average Bonchev–Trinajstić information content (AvgIpc) is 3.20. The molecule has 6 rings (SSSR count). The van der Waals surface area contributed by atoms with Crippen LogP contribution in [0.5, 0.6) is 0 Å². The summed E-state index contributed by atoms with van der Waals surface area (Å²) in [4.78, 5) is 37.9. The fourth-order valence-electron chi connectivity index (χ4n) is 7.25. The fraction of sp³-hybridized carbons (Fsp3) is 0.643. The van der Waals surface area contributed by atoms with Crippen LogP contribution in [0.25, 0.3) is 10.9 Å². The molecule has 4 bridgehead atoms. The number of aromatic nitrogens is 2. The van der Waals surface area contributed by atoms with Gasteiger partial charge in [0.1, 0.15) is 5.60 Å². The molecule has 2 aromatic rings. The van der Waals surface area contributed by atoms with E-state index in [1.165, 1.54) is 0 Å². The number of ether oxygens (including phenoxy) is 1. The molecule has 1 aromatic carbocycles. The number of hydrogen-bond acceptors (Lipinski definition) is 5. The summed E-state index contributed by atoms with van der Waals surface area (Å²) in [5.74, 6) is 0.665. The highest BCUT2D eigenvalue weighted by Crippen LogP contribution is 2.59. The van der Waals surface area contributed by atoms with E-state index in [0.717, 1.165) is 68.8 Å². The number of rotatable bonds is 10. The third kappa shape index (κ3) is 4.87. The Kier molecular flexibility index (Phi) is 6.79. The number of nitrogens with one attached hydrogen (secondary N) is 2. The molecule has 36 heavy (non-hydrogen) atoms. The first-order chi connectivity index (χ1) is 17.3. The summed E-state index contributed by atoms with van der Waals surface area (Å²) < 4.78 is 7.98. The number of nitrogens with zero attached hydrogens (tertiary/aromatic N) is 2. The monoisotopic (exact) mass is 494 g/mol. The molecular weight excluding hydrogens is 456 g/mol. The predicted octanol–water partition coefficient (Wildman–Crippen LogP) is 4.75. The fourth-order valence-corrected chi connectivity index (χ4v) is 7.25. The minimum Gasteiger partial charge on any atom is -0.443 e. The first-order valence-electron chi connectivity index (χ1n) is 13.6. The van der Waals surface area contributed by atoms with Gasteiger partial charge in [-0.1, -0.05) is 44.9 Å². The van der Waals surface area contributed by atoms with Crippen LogP contribution in [0.1, 0.15) is 88.5 Å². The highest BCUT2D eigenvalue weighted by Gasteiger charge is 2.60. The molecule has 0 spiro atoms. The van der Waals surface area contributed by atoms with Gasteiger partial charge in [-0.15, -0.1) is 0 Å². The molecule has 4 fully saturated rings. The summed E-state index contributed by atoms with van der Waals surface area (Å²) in [6.45, 7) is 4.74. The van der Waals surface area contributed by atoms with Gasteiger partial charge in [0, 0.05) is 30.3 Å². The van der Waals surface area contributed by atoms with Crippen LogP contribution in [-0.2, 0) is 16.1 Å². The van der Waals surface area contributed by atoms with E-state index < -0.39 is 17.2 Å². The molecule has 194 valence electrons. The van der Waals surface area contributed by atoms with E-state index in [4.69, 9.17) is 9.84 Å². The average molecular weight is 495 g/mol. The van der Waals surface area contributed by atoms with Crippen LogP contribution in [0, 0.1) is 11.8 Å². The van der Waals surface area contributed by atoms with E-state index in [2.05, 4.69) is 17.6 Å². The van der Waals surface area contributed by atoms with E-state index in [1.54, 1.807) is 6.92 Å². The molecule has 4 saturated carbocycles. The minimum atomic E-state index is -0.585. The van der Waals surface area contributed by atoms with Gasteiger partial charge in [0.05, 0.1) is 12.1 Å². The van der Waals surface area contributed by atoms with Gasteiger partial charge in [0.2, 0.25) is 0 Å². The number of carbonyl (C=O) groups excluding carboxylic acids is 3. The third-order valence-electron chi connectivity index (χ3n) is 8.37. The highest BCUT2D eigenvalue weighted by molar-refractivity contribution is 6.05. The normalized spacial score (nSPS) is 28.3. The molecular formula is C28H38N4O4. The lowest BCUT2D eigenvalue weighted by Crippen LogP contribution is -2.66. The standard InChI is InChI=1S/C28H38N4O4/c1-3-5-8-11-32-23-10-7-6-9-22(23)24(31-32)25(34)30-27-13-19-12-20(14-27)16-28(15-19,18-27)36-26(35)29-17-21(33)4-2/h6-7,9-10,19-20H,3-5,8,11-18H2,1-2H3,(H,29,35)(H,30,34). The Morgan fingerprint density at radius 1 is 1.08 bits per heavy atom. The number of amides is 2. The van der Waals surface area contributed by atoms with Gasteiger partial charge in [-0.3, -0.25) is 14.3 Å². The van der Waals surface area contributed by atoms with Crippen molar-refractivity contribution in [1.29, 1.82) is 0 Å². The van der Waals surface area contributed by atoms with Crippen molar-refractivity contribution in [3.8, 4) is 0 Å². The SMILES string of the molecule is CCCCCn1nc(C(=O)NC23CC4CC(C2)CC(OC(=O)NCC(=O)CC)(C4)C3)c2ccccc21. The smallest absolute Gasteiger partial charge is 0.408 e. The second kappa shape index (κ2) is 9.87. The van der Waals surface area contributed by atoms with Gasteiger partial charge in [-0.25, -0.2) is 4.79 Å². The third-order valence-corrected chi connectivity index (χ3v) is 8.37. The molecule has 0 radical (unpaired) electrons. The number of fused-ring (bicyclic) bond motifs is 1. The van der Waals surface area contributed by atoms with Crippen molar-refractivity contribution in [3.05, 3.63) is 30.0 Å². The van der Waals surface area contributed by atoms with E-state index in [9.17, 15) is 14.4 Å². The second-order valence-corrected chi connectivity index (χ2v) is 11.3. The van der Waals surface area contributed by atoms with Gasteiger partial charge < -0.3 is 15.4 Å². The molecule has 1 aromatic heterocycles. The molecule has 4 aliphatic rings. The van der Waals surface area contributed by atoms with Crippen molar-refractivity contribution in [3.63, 3.8) is 0 Å². The molecule has 2 amide bonds. The second-order valence-electron chi connectivity index (χ2n) is 11.3. The van der Waals surface area contributed by atoms with Gasteiger partial charge in [-0.05, 0) is 56.4 Å².